The molecule has 96 valence electrons. The largest absolute Gasteiger partial charge is 0.309 e. The molecule has 0 radical (unpaired) electrons. The van der Waals surface area contributed by atoms with Crippen molar-refractivity contribution in [3.63, 3.8) is 0 Å². The predicted octanol–water partition coefficient (Wildman–Crippen LogP) is 3.03. The molecule has 2 nitrogen and oxygen atoms in total. The lowest BCUT2D eigenvalue weighted by Gasteiger charge is -2.21. The molecule has 1 aromatic carbocycles. The molecule has 0 amide bonds. The normalized spacial score (nSPS) is 13.1. The first-order valence-corrected chi connectivity index (χ1v) is 7.28. The molecule has 0 aromatic heterocycles. The Morgan fingerprint density at radius 3 is 2.76 bits per heavy atom. The molecule has 0 spiro atoms. The lowest BCUT2D eigenvalue weighted by atomic mass is 10.1. The van der Waals surface area contributed by atoms with Crippen LogP contribution in [0, 0.1) is 10.5 Å². The summed E-state index contributed by atoms with van der Waals surface area (Å²) in [6, 6.07) is 7.03. The third-order valence-corrected chi connectivity index (χ3v) is 4.58. The van der Waals surface area contributed by atoms with E-state index in [2.05, 4.69) is 78.8 Å². The molecule has 1 atom stereocenters. The molecule has 3 heteroatoms. The minimum absolute atomic E-state index is 0.524. The SMILES string of the molecule is CCN(C)CC(C)NCc1cccc(C)c1I. The van der Waals surface area contributed by atoms with Crippen LogP contribution in [0.2, 0.25) is 0 Å². The second-order valence-corrected chi connectivity index (χ2v) is 5.76. The van der Waals surface area contributed by atoms with Gasteiger partial charge < -0.3 is 10.2 Å². The second kappa shape index (κ2) is 7.34. The second-order valence-electron chi connectivity index (χ2n) is 4.68. The van der Waals surface area contributed by atoms with E-state index in [4.69, 9.17) is 0 Å². The Morgan fingerprint density at radius 2 is 2.12 bits per heavy atom. The van der Waals surface area contributed by atoms with Gasteiger partial charge in [-0.15, -0.1) is 0 Å². The first-order chi connectivity index (χ1) is 8.04. The van der Waals surface area contributed by atoms with Crippen molar-refractivity contribution in [2.24, 2.45) is 0 Å². The predicted molar refractivity (Wildman–Crippen MR) is 83.4 cm³/mol. The van der Waals surface area contributed by atoms with Gasteiger partial charge in [0.15, 0.2) is 0 Å². The van der Waals surface area contributed by atoms with Gasteiger partial charge in [0, 0.05) is 22.7 Å². The van der Waals surface area contributed by atoms with Crippen LogP contribution in [0.3, 0.4) is 0 Å². The highest BCUT2D eigenvalue weighted by molar-refractivity contribution is 14.1. The summed E-state index contributed by atoms with van der Waals surface area (Å²) < 4.78 is 1.38. The van der Waals surface area contributed by atoms with Crippen molar-refractivity contribution in [1.82, 2.24) is 10.2 Å². The van der Waals surface area contributed by atoms with Gasteiger partial charge in [0.1, 0.15) is 0 Å². The standard InChI is InChI=1S/C14H23IN2/c1-5-17(4)10-12(3)16-9-13-8-6-7-11(2)14(13)15/h6-8,12,16H,5,9-10H2,1-4H3. The van der Waals surface area contributed by atoms with E-state index in [1.807, 2.05) is 0 Å². The van der Waals surface area contributed by atoms with Crippen LogP contribution in [0.5, 0.6) is 0 Å². The van der Waals surface area contributed by atoms with Gasteiger partial charge in [0.05, 0.1) is 0 Å². The highest BCUT2D eigenvalue weighted by Gasteiger charge is 2.06. The third kappa shape index (κ3) is 4.94. The van der Waals surface area contributed by atoms with Gasteiger partial charge in [-0.1, -0.05) is 25.1 Å². The van der Waals surface area contributed by atoms with Crippen LogP contribution >= 0.6 is 22.6 Å². The van der Waals surface area contributed by atoms with Crippen molar-refractivity contribution < 1.29 is 0 Å². The quantitative estimate of drug-likeness (QED) is 0.797. The summed E-state index contributed by atoms with van der Waals surface area (Å²) in [7, 11) is 2.16. The van der Waals surface area contributed by atoms with E-state index in [-0.39, 0.29) is 0 Å². The Bertz CT molecular complexity index is 352. The Hall–Kier alpha value is -0.130. The molecule has 0 fully saturated rings. The Morgan fingerprint density at radius 1 is 1.41 bits per heavy atom. The first-order valence-electron chi connectivity index (χ1n) is 6.20. The molecule has 0 heterocycles. The highest BCUT2D eigenvalue weighted by Crippen LogP contribution is 2.16. The molecule has 1 aromatic rings. The van der Waals surface area contributed by atoms with Gasteiger partial charge >= 0.3 is 0 Å². The van der Waals surface area contributed by atoms with E-state index in [1.165, 1.54) is 14.7 Å². The van der Waals surface area contributed by atoms with Gasteiger partial charge in [-0.25, -0.2) is 0 Å². The molecule has 17 heavy (non-hydrogen) atoms. The fraction of sp³-hybridized carbons (Fsp3) is 0.571. The van der Waals surface area contributed by atoms with Crippen molar-refractivity contribution in [3.8, 4) is 0 Å². The van der Waals surface area contributed by atoms with Crippen molar-refractivity contribution in [2.45, 2.75) is 33.4 Å². The van der Waals surface area contributed by atoms with Crippen LogP contribution < -0.4 is 5.32 Å². The van der Waals surface area contributed by atoms with Gasteiger partial charge in [-0.05, 0) is 61.2 Å². The van der Waals surface area contributed by atoms with Crippen LogP contribution in [-0.2, 0) is 6.54 Å². The van der Waals surface area contributed by atoms with E-state index >= 15 is 0 Å². The molecule has 0 aliphatic rings. The average molecular weight is 346 g/mol. The number of benzene rings is 1. The van der Waals surface area contributed by atoms with Gasteiger partial charge in [-0.3, -0.25) is 0 Å². The maximum absolute atomic E-state index is 3.59. The topological polar surface area (TPSA) is 15.3 Å². The van der Waals surface area contributed by atoms with Crippen molar-refractivity contribution in [2.75, 3.05) is 20.1 Å². The zero-order valence-electron chi connectivity index (χ0n) is 11.3. The number of likely N-dealkylation sites (N-methyl/N-ethyl adjacent to an activating group) is 1. The Labute approximate surface area is 119 Å². The number of halogens is 1. The van der Waals surface area contributed by atoms with Gasteiger partial charge in [-0.2, -0.15) is 0 Å². The number of nitrogens with one attached hydrogen (secondary N) is 1. The summed E-state index contributed by atoms with van der Waals surface area (Å²) in [5.74, 6) is 0. The number of aryl methyl sites for hydroxylation is 1. The highest BCUT2D eigenvalue weighted by atomic mass is 127. The maximum Gasteiger partial charge on any atom is 0.0219 e. The van der Waals surface area contributed by atoms with Crippen LogP contribution in [0.25, 0.3) is 0 Å². The maximum atomic E-state index is 3.59. The van der Waals surface area contributed by atoms with Crippen LogP contribution in [0.1, 0.15) is 25.0 Å². The molecule has 1 N–H and O–H groups in total. The fourth-order valence-electron chi connectivity index (χ4n) is 1.79. The van der Waals surface area contributed by atoms with Crippen LogP contribution in [0.4, 0.5) is 0 Å². The number of rotatable bonds is 6. The summed E-state index contributed by atoms with van der Waals surface area (Å²) in [4.78, 5) is 2.33. The van der Waals surface area contributed by atoms with Crippen molar-refractivity contribution in [3.05, 3.63) is 32.9 Å². The minimum Gasteiger partial charge on any atom is -0.309 e. The monoisotopic (exact) mass is 346 g/mol. The average Bonchev–Trinajstić information content (AvgIpc) is 2.31. The van der Waals surface area contributed by atoms with Crippen molar-refractivity contribution in [1.29, 1.82) is 0 Å². The molecule has 0 saturated heterocycles. The van der Waals surface area contributed by atoms with Gasteiger partial charge in [0.25, 0.3) is 0 Å². The molecule has 0 aliphatic heterocycles. The molecular formula is C14H23IN2. The molecule has 1 rings (SSSR count). The summed E-state index contributed by atoms with van der Waals surface area (Å²) in [6.07, 6.45) is 0. The first kappa shape index (κ1) is 14.9. The van der Waals surface area contributed by atoms with E-state index < -0.39 is 0 Å². The lowest BCUT2D eigenvalue weighted by Crippen LogP contribution is -2.37. The Balaban J connectivity index is 2.47. The molecular weight excluding hydrogens is 323 g/mol. The van der Waals surface area contributed by atoms with E-state index in [9.17, 15) is 0 Å². The van der Waals surface area contributed by atoms with E-state index in [1.54, 1.807) is 0 Å². The third-order valence-electron chi connectivity index (χ3n) is 3.04. The van der Waals surface area contributed by atoms with E-state index in [0.717, 1.165) is 19.6 Å². The number of hydrogen-bond donors (Lipinski definition) is 1. The van der Waals surface area contributed by atoms with Gasteiger partial charge in [0.2, 0.25) is 0 Å². The molecule has 0 saturated carbocycles. The minimum atomic E-state index is 0.524. The van der Waals surface area contributed by atoms with Crippen LogP contribution in [-0.4, -0.2) is 31.1 Å². The zero-order chi connectivity index (χ0) is 12.8. The summed E-state index contributed by atoms with van der Waals surface area (Å²) in [6.45, 7) is 9.76. The number of hydrogen-bond acceptors (Lipinski definition) is 2. The molecule has 1 unspecified atom stereocenters. The zero-order valence-corrected chi connectivity index (χ0v) is 13.4. The number of nitrogens with zero attached hydrogens (tertiary/aromatic N) is 1. The fourth-order valence-corrected chi connectivity index (χ4v) is 2.34. The van der Waals surface area contributed by atoms with Crippen molar-refractivity contribution >= 4 is 22.6 Å². The Kier molecular flexibility index (Phi) is 6.44. The smallest absolute Gasteiger partial charge is 0.0219 e. The lowest BCUT2D eigenvalue weighted by molar-refractivity contribution is 0.309. The summed E-state index contributed by atoms with van der Waals surface area (Å²) >= 11 is 2.43. The summed E-state index contributed by atoms with van der Waals surface area (Å²) in [5.41, 5.74) is 2.76. The molecule has 0 aliphatic carbocycles. The van der Waals surface area contributed by atoms with Crippen LogP contribution in [0.15, 0.2) is 18.2 Å². The van der Waals surface area contributed by atoms with E-state index in [0.29, 0.717) is 6.04 Å². The molecule has 0 bridgehead atoms. The summed E-state index contributed by atoms with van der Waals surface area (Å²) in [5, 5.41) is 3.59.